The lowest BCUT2D eigenvalue weighted by Crippen LogP contribution is -2.43. The first-order chi connectivity index (χ1) is 9.60. The number of carbonyl (C=O) groups excluding carboxylic acids is 2. The molecule has 0 bridgehead atoms. The molecule has 0 rings (SSSR count). The number of amides is 1. The normalized spacial score (nSPS) is 13.3. The Balaban J connectivity index is 5.11. The van der Waals surface area contributed by atoms with Crippen LogP contribution in [0.4, 0.5) is 4.79 Å². The molecule has 0 aromatic rings. The molecular weight excluding hydrogens is 274 g/mol. The fourth-order valence-electron chi connectivity index (χ4n) is 1.67. The minimum Gasteiger partial charge on any atom is -0.466 e. The van der Waals surface area contributed by atoms with E-state index in [1.165, 1.54) is 18.1 Å². The Bertz CT molecular complexity index is 371. The first-order valence-corrected chi connectivity index (χ1v) is 6.97. The van der Waals surface area contributed by atoms with Gasteiger partial charge in [-0.05, 0) is 33.1 Å². The summed E-state index contributed by atoms with van der Waals surface area (Å²) in [5.41, 5.74) is -0.654. The van der Waals surface area contributed by atoms with Gasteiger partial charge >= 0.3 is 12.1 Å². The van der Waals surface area contributed by atoms with Crippen LogP contribution in [0.1, 0.15) is 41.0 Å². The molecule has 6 nitrogen and oxygen atoms in total. The molecule has 1 atom stereocenters. The first kappa shape index (κ1) is 19.4. The molecule has 0 aromatic heterocycles. The van der Waals surface area contributed by atoms with Crippen molar-refractivity contribution in [1.29, 1.82) is 0 Å². The summed E-state index contributed by atoms with van der Waals surface area (Å²) in [4.78, 5) is 24.5. The first-order valence-electron chi connectivity index (χ1n) is 6.97. The van der Waals surface area contributed by atoms with E-state index in [-0.39, 0.29) is 5.92 Å². The number of ether oxygens (including phenoxy) is 2. The summed E-state index contributed by atoms with van der Waals surface area (Å²) in [6.07, 6.45) is 2.77. The average Bonchev–Trinajstić information content (AvgIpc) is 2.33. The van der Waals surface area contributed by atoms with Crippen molar-refractivity contribution in [1.82, 2.24) is 4.90 Å². The summed E-state index contributed by atoms with van der Waals surface area (Å²) < 4.78 is 9.80. The number of aliphatic hydroxyl groups excluding tert-OH is 1. The van der Waals surface area contributed by atoms with Crippen molar-refractivity contribution < 1.29 is 24.2 Å². The number of nitrogens with zero attached hydrogens (tertiary/aromatic N) is 1. The molecule has 21 heavy (non-hydrogen) atoms. The standard InChI is InChI=1S/C15H27NO5/c1-11(2)9-12(7-8-13(18)20-6)16(10-17)14(19)21-15(3,4)5/h7-8,11-12,17H,9-10H2,1-6H3/b8-7+/t12-/m1/s1. The highest BCUT2D eigenvalue weighted by molar-refractivity contribution is 5.82. The van der Waals surface area contributed by atoms with Gasteiger partial charge in [0.25, 0.3) is 0 Å². The predicted molar refractivity (Wildman–Crippen MR) is 79.6 cm³/mol. The van der Waals surface area contributed by atoms with E-state index >= 15 is 0 Å². The van der Waals surface area contributed by atoms with Crippen LogP contribution in [0.15, 0.2) is 12.2 Å². The van der Waals surface area contributed by atoms with Crippen LogP contribution in [0.3, 0.4) is 0 Å². The van der Waals surface area contributed by atoms with Gasteiger partial charge in [-0.3, -0.25) is 4.90 Å². The molecule has 1 N–H and O–H groups in total. The van der Waals surface area contributed by atoms with Crippen molar-refractivity contribution >= 4 is 12.1 Å². The van der Waals surface area contributed by atoms with Gasteiger partial charge in [-0.1, -0.05) is 19.9 Å². The Labute approximate surface area is 126 Å². The van der Waals surface area contributed by atoms with Gasteiger partial charge in [0, 0.05) is 6.08 Å². The molecule has 0 heterocycles. The van der Waals surface area contributed by atoms with Crippen LogP contribution in [-0.4, -0.2) is 47.6 Å². The molecule has 1 amide bonds. The van der Waals surface area contributed by atoms with Gasteiger partial charge in [-0.25, -0.2) is 9.59 Å². The van der Waals surface area contributed by atoms with Crippen LogP contribution in [0.2, 0.25) is 0 Å². The van der Waals surface area contributed by atoms with Crippen molar-refractivity contribution in [2.75, 3.05) is 13.8 Å². The minimum atomic E-state index is -0.654. The van der Waals surface area contributed by atoms with Crippen LogP contribution in [0.25, 0.3) is 0 Å². The fraction of sp³-hybridized carbons (Fsp3) is 0.733. The summed E-state index contributed by atoms with van der Waals surface area (Å²) in [5, 5.41) is 9.47. The largest absolute Gasteiger partial charge is 0.466 e. The van der Waals surface area contributed by atoms with E-state index in [4.69, 9.17) is 4.74 Å². The number of hydrogen-bond donors (Lipinski definition) is 1. The van der Waals surface area contributed by atoms with Crippen molar-refractivity contribution in [2.45, 2.75) is 52.7 Å². The number of methoxy groups -OCH3 is 1. The van der Waals surface area contributed by atoms with Gasteiger partial charge in [0.2, 0.25) is 0 Å². The van der Waals surface area contributed by atoms with Crippen LogP contribution in [0.5, 0.6) is 0 Å². The van der Waals surface area contributed by atoms with Gasteiger partial charge in [-0.2, -0.15) is 0 Å². The quantitative estimate of drug-likeness (QED) is 0.463. The lowest BCUT2D eigenvalue weighted by Gasteiger charge is -2.31. The zero-order valence-corrected chi connectivity index (χ0v) is 13.8. The zero-order valence-electron chi connectivity index (χ0n) is 13.8. The van der Waals surface area contributed by atoms with Crippen molar-refractivity contribution in [3.05, 3.63) is 12.2 Å². The van der Waals surface area contributed by atoms with Gasteiger partial charge in [0.1, 0.15) is 12.3 Å². The average molecular weight is 301 g/mol. The Hall–Kier alpha value is -1.56. The minimum absolute atomic E-state index is 0.272. The molecule has 0 radical (unpaired) electrons. The molecule has 0 aromatic carbocycles. The molecular formula is C15H27NO5. The summed E-state index contributed by atoms with van der Waals surface area (Å²) in [6, 6.07) is -0.441. The molecule has 0 aliphatic heterocycles. The maximum atomic E-state index is 12.1. The number of rotatable bonds is 6. The van der Waals surface area contributed by atoms with Crippen LogP contribution < -0.4 is 0 Å². The Morgan fingerprint density at radius 2 is 1.86 bits per heavy atom. The van der Waals surface area contributed by atoms with E-state index < -0.39 is 30.4 Å². The molecule has 0 spiro atoms. The highest BCUT2D eigenvalue weighted by Gasteiger charge is 2.27. The molecule has 0 saturated carbocycles. The smallest absolute Gasteiger partial charge is 0.412 e. The number of hydrogen-bond acceptors (Lipinski definition) is 5. The van der Waals surface area contributed by atoms with Crippen LogP contribution >= 0.6 is 0 Å². The molecule has 0 fully saturated rings. The molecule has 0 aliphatic carbocycles. The van der Waals surface area contributed by atoms with Crippen LogP contribution in [-0.2, 0) is 14.3 Å². The summed E-state index contributed by atoms with van der Waals surface area (Å²) in [5.74, 6) is -0.236. The molecule has 6 heteroatoms. The van der Waals surface area contributed by atoms with Gasteiger partial charge in [-0.15, -0.1) is 0 Å². The van der Waals surface area contributed by atoms with Crippen LogP contribution in [0, 0.1) is 5.92 Å². The third-order valence-electron chi connectivity index (χ3n) is 2.55. The number of carbonyl (C=O) groups is 2. The highest BCUT2D eigenvalue weighted by atomic mass is 16.6. The topological polar surface area (TPSA) is 76.1 Å². The van der Waals surface area contributed by atoms with E-state index in [9.17, 15) is 14.7 Å². The lowest BCUT2D eigenvalue weighted by molar-refractivity contribution is -0.134. The Morgan fingerprint density at radius 1 is 1.29 bits per heavy atom. The lowest BCUT2D eigenvalue weighted by atomic mass is 10.0. The Kier molecular flexibility index (Phi) is 8.02. The van der Waals surface area contributed by atoms with E-state index in [2.05, 4.69) is 4.74 Å². The molecule has 0 aliphatic rings. The van der Waals surface area contributed by atoms with Gasteiger partial charge in [0.15, 0.2) is 0 Å². The summed E-state index contributed by atoms with van der Waals surface area (Å²) in [6.45, 7) is 8.75. The van der Waals surface area contributed by atoms with E-state index in [0.717, 1.165) is 0 Å². The van der Waals surface area contributed by atoms with Crippen molar-refractivity contribution in [2.24, 2.45) is 5.92 Å². The Morgan fingerprint density at radius 3 is 2.24 bits per heavy atom. The predicted octanol–water partition coefficient (Wildman–Crippen LogP) is 2.32. The van der Waals surface area contributed by atoms with Gasteiger partial charge < -0.3 is 14.6 Å². The van der Waals surface area contributed by atoms with Gasteiger partial charge in [0.05, 0.1) is 13.2 Å². The van der Waals surface area contributed by atoms with E-state index in [1.807, 2.05) is 13.8 Å². The van der Waals surface area contributed by atoms with E-state index in [0.29, 0.717) is 6.42 Å². The summed E-state index contributed by atoms with van der Waals surface area (Å²) in [7, 11) is 1.28. The third kappa shape index (κ3) is 8.34. The molecule has 0 unspecified atom stereocenters. The number of esters is 1. The second-order valence-electron chi connectivity index (χ2n) is 6.17. The maximum Gasteiger partial charge on any atom is 0.412 e. The monoisotopic (exact) mass is 301 g/mol. The highest BCUT2D eigenvalue weighted by Crippen LogP contribution is 2.17. The summed E-state index contributed by atoms with van der Waals surface area (Å²) >= 11 is 0. The zero-order chi connectivity index (χ0) is 16.6. The maximum absolute atomic E-state index is 12.1. The van der Waals surface area contributed by atoms with E-state index in [1.54, 1.807) is 26.8 Å². The molecule has 122 valence electrons. The third-order valence-corrected chi connectivity index (χ3v) is 2.55. The fourth-order valence-corrected chi connectivity index (χ4v) is 1.67. The second kappa shape index (κ2) is 8.67. The SMILES string of the molecule is COC(=O)/C=C/[C@H](CC(C)C)N(CO)C(=O)OC(C)(C)C. The van der Waals surface area contributed by atoms with Crippen molar-refractivity contribution in [3.8, 4) is 0 Å². The number of aliphatic hydroxyl groups is 1. The van der Waals surface area contributed by atoms with Crippen molar-refractivity contribution in [3.63, 3.8) is 0 Å². The second-order valence-corrected chi connectivity index (χ2v) is 6.17. The molecule has 0 saturated heterocycles.